The van der Waals surface area contributed by atoms with E-state index in [9.17, 15) is 4.79 Å². The van der Waals surface area contributed by atoms with Crippen molar-refractivity contribution in [1.29, 1.82) is 0 Å². The fourth-order valence-corrected chi connectivity index (χ4v) is 4.03. The van der Waals surface area contributed by atoms with Gasteiger partial charge in [-0.05, 0) is 47.9 Å². The second-order valence-corrected chi connectivity index (χ2v) is 7.22. The van der Waals surface area contributed by atoms with Crippen LogP contribution in [0.3, 0.4) is 0 Å². The van der Waals surface area contributed by atoms with Crippen LogP contribution in [0.15, 0.2) is 42.6 Å². The molecule has 140 valence electrons. The van der Waals surface area contributed by atoms with Gasteiger partial charge in [0, 0.05) is 18.3 Å². The Morgan fingerprint density at radius 3 is 3.00 bits per heavy atom. The van der Waals surface area contributed by atoms with E-state index in [0.29, 0.717) is 23.1 Å². The molecule has 1 atom stereocenters. The third kappa shape index (κ3) is 2.65. The number of carbonyl (C=O) groups excluding carboxylic acids is 1. The molecule has 0 radical (unpaired) electrons. The molecule has 8 nitrogen and oxygen atoms in total. The van der Waals surface area contributed by atoms with Crippen molar-refractivity contribution in [3.8, 4) is 11.4 Å². The number of pyridine rings is 1. The van der Waals surface area contributed by atoms with Crippen LogP contribution < -0.4 is 0 Å². The second-order valence-electron chi connectivity index (χ2n) is 6.78. The van der Waals surface area contributed by atoms with Crippen LogP contribution >= 0.6 is 11.6 Å². The lowest BCUT2D eigenvalue weighted by Gasteiger charge is -2.35. The third-order valence-electron chi connectivity index (χ3n) is 5.19. The Balaban J connectivity index is 1.53. The number of aromatic nitrogens is 6. The third-order valence-corrected chi connectivity index (χ3v) is 5.42. The highest BCUT2D eigenvalue weighted by Gasteiger charge is 2.32. The predicted octanol–water partition coefficient (Wildman–Crippen LogP) is 2.93. The van der Waals surface area contributed by atoms with E-state index in [1.165, 1.54) is 5.56 Å². The van der Waals surface area contributed by atoms with Crippen molar-refractivity contribution in [2.75, 3.05) is 6.54 Å². The minimum atomic E-state index is -0.139. The van der Waals surface area contributed by atoms with Crippen LogP contribution in [-0.4, -0.2) is 47.6 Å². The van der Waals surface area contributed by atoms with Gasteiger partial charge in [-0.1, -0.05) is 29.8 Å². The van der Waals surface area contributed by atoms with Gasteiger partial charge in [0.2, 0.25) is 5.82 Å². The fourth-order valence-electron chi connectivity index (χ4n) is 3.88. The summed E-state index contributed by atoms with van der Waals surface area (Å²) in [6, 6.07) is 11.3. The first-order valence-corrected chi connectivity index (χ1v) is 9.31. The molecule has 0 fully saturated rings. The Bertz CT molecular complexity index is 1180. The number of halogens is 1. The molecule has 1 amide bonds. The van der Waals surface area contributed by atoms with E-state index in [-0.39, 0.29) is 11.9 Å². The zero-order chi connectivity index (χ0) is 19.3. The van der Waals surface area contributed by atoms with E-state index in [1.807, 2.05) is 30.0 Å². The molecule has 4 aromatic rings. The maximum atomic E-state index is 13.2. The van der Waals surface area contributed by atoms with Crippen molar-refractivity contribution in [3.05, 3.63) is 64.4 Å². The van der Waals surface area contributed by atoms with E-state index in [0.717, 1.165) is 23.1 Å². The van der Waals surface area contributed by atoms with Crippen LogP contribution in [-0.2, 0) is 6.42 Å². The number of amides is 1. The van der Waals surface area contributed by atoms with Crippen molar-refractivity contribution < 1.29 is 4.79 Å². The maximum absolute atomic E-state index is 13.2. The molecule has 0 aliphatic carbocycles. The average Bonchev–Trinajstić information content (AvgIpc) is 3.37. The van der Waals surface area contributed by atoms with Gasteiger partial charge in [0.05, 0.1) is 16.6 Å². The summed E-state index contributed by atoms with van der Waals surface area (Å²) >= 11 is 6.03. The van der Waals surface area contributed by atoms with Crippen LogP contribution in [0.4, 0.5) is 0 Å². The van der Waals surface area contributed by atoms with Crippen LogP contribution in [0, 0.1) is 0 Å². The highest BCUT2D eigenvalue weighted by atomic mass is 35.5. The molecule has 1 aliphatic heterocycles. The predicted molar refractivity (Wildman–Crippen MR) is 103 cm³/mol. The lowest BCUT2D eigenvalue weighted by molar-refractivity contribution is 0.0672. The highest BCUT2D eigenvalue weighted by Crippen LogP contribution is 2.36. The average molecular weight is 394 g/mol. The Morgan fingerprint density at radius 2 is 2.18 bits per heavy atom. The summed E-state index contributed by atoms with van der Waals surface area (Å²) in [5, 5.41) is 19.4. The standard InChI is InChI=1S/C19H16ClN7O/c1-11-17-12(3-2-4-15(17)18-21-24-25-22-18)7-8-26(11)19(28)16-9-14-6-5-13(20)10-27(14)23-16/h2-6,9-11H,7-8H2,1H3,(H,21,22,24,25). The summed E-state index contributed by atoms with van der Waals surface area (Å²) in [6.45, 7) is 2.64. The van der Waals surface area contributed by atoms with Crippen LogP contribution in [0.1, 0.15) is 34.6 Å². The molecule has 0 saturated carbocycles. The Morgan fingerprint density at radius 1 is 1.29 bits per heavy atom. The largest absolute Gasteiger partial charge is 0.330 e. The van der Waals surface area contributed by atoms with Gasteiger partial charge in [-0.15, -0.1) is 10.2 Å². The molecule has 0 spiro atoms. The van der Waals surface area contributed by atoms with Gasteiger partial charge >= 0.3 is 0 Å². The smallest absolute Gasteiger partial charge is 0.274 e. The summed E-state index contributed by atoms with van der Waals surface area (Å²) in [5.41, 5.74) is 4.36. The van der Waals surface area contributed by atoms with E-state index in [1.54, 1.807) is 22.8 Å². The number of hydrogen-bond donors (Lipinski definition) is 1. The van der Waals surface area contributed by atoms with Crippen LogP contribution in [0.25, 0.3) is 16.9 Å². The number of H-pyrrole nitrogens is 1. The van der Waals surface area contributed by atoms with E-state index in [4.69, 9.17) is 11.6 Å². The summed E-state index contributed by atoms with van der Waals surface area (Å²) in [7, 11) is 0. The number of rotatable bonds is 2. The first kappa shape index (κ1) is 16.9. The highest BCUT2D eigenvalue weighted by molar-refractivity contribution is 6.30. The van der Waals surface area contributed by atoms with Gasteiger partial charge < -0.3 is 4.90 Å². The fraction of sp³-hybridized carbons (Fsp3) is 0.211. The van der Waals surface area contributed by atoms with Gasteiger partial charge in [0.15, 0.2) is 5.69 Å². The molecule has 3 aromatic heterocycles. The summed E-state index contributed by atoms with van der Waals surface area (Å²) in [5.74, 6) is 0.418. The van der Waals surface area contributed by atoms with Crippen molar-refractivity contribution in [2.45, 2.75) is 19.4 Å². The number of nitrogens with one attached hydrogen (secondary N) is 1. The Kier molecular flexibility index (Phi) is 3.87. The molecule has 28 heavy (non-hydrogen) atoms. The molecule has 1 aromatic carbocycles. The first-order chi connectivity index (χ1) is 13.6. The number of aromatic amines is 1. The number of nitrogens with zero attached hydrogens (tertiary/aromatic N) is 6. The molecule has 1 unspecified atom stereocenters. The molecule has 1 N–H and O–H groups in total. The van der Waals surface area contributed by atoms with Crippen LogP contribution in [0.5, 0.6) is 0 Å². The number of fused-ring (bicyclic) bond motifs is 2. The van der Waals surface area contributed by atoms with Gasteiger partial charge in [0.1, 0.15) is 0 Å². The van der Waals surface area contributed by atoms with Crippen molar-refractivity contribution in [2.24, 2.45) is 0 Å². The summed E-state index contributed by atoms with van der Waals surface area (Å²) < 4.78 is 1.63. The molecular formula is C19H16ClN7O. The zero-order valence-electron chi connectivity index (χ0n) is 15.0. The molecule has 1 aliphatic rings. The van der Waals surface area contributed by atoms with Crippen molar-refractivity contribution in [1.82, 2.24) is 35.1 Å². The van der Waals surface area contributed by atoms with Gasteiger partial charge in [-0.25, -0.2) is 4.52 Å². The lowest BCUT2D eigenvalue weighted by Crippen LogP contribution is -2.39. The first-order valence-electron chi connectivity index (χ1n) is 8.93. The summed E-state index contributed by atoms with van der Waals surface area (Å²) in [4.78, 5) is 15.1. The SMILES string of the molecule is CC1c2c(cccc2-c2nn[nH]n2)CCN1C(=O)c1cc2ccc(Cl)cn2n1. The Labute approximate surface area is 165 Å². The zero-order valence-corrected chi connectivity index (χ0v) is 15.8. The molecule has 9 heteroatoms. The van der Waals surface area contributed by atoms with E-state index >= 15 is 0 Å². The topological polar surface area (TPSA) is 92.1 Å². The molecular weight excluding hydrogens is 378 g/mol. The van der Waals surface area contributed by atoms with Gasteiger partial charge in [0.25, 0.3) is 5.91 Å². The molecule has 5 rings (SSSR count). The van der Waals surface area contributed by atoms with E-state index < -0.39 is 0 Å². The van der Waals surface area contributed by atoms with Gasteiger partial charge in [-0.3, -0.25) is 4.79 Å². The molecule has 0 saturated heterocycles. The molecule has 4 heterocycles. The lowest BCUT2D eigenvalue weighted by atomic mass is 9.89. The van der Waals surface area contributed by atoms with E-state index in [2.05, 4.69) is 31.8 Å². The molecule has 0 bridgehead atoms. The number of benzene rings is 1. The quantitative estimate of drug-likeness (QED) is 0.565. The number of tetrazole rings is 1. The second kappa shape index (κ2) is 6.42. The monoisotopic (exact) mass is 393 g/mol. The number of carbonyl (C=O) groups is 1. The maximum Gasteiger partial charge on any atom is 0.274 e. The Hall–Kier alpha value is -3.26. The minimum absolute atomic E-state index is 0.110. The van der Waals surface area contributed by atoms with Crippen molar-refractivity contribution >= 4 is 23.0 Å². The normalized spacial score (nSPS) is 16.4. The van der Waals surface area contributed by atoms with Crippen LogP contribution in [0.2, 0.25) is 5.02 Å². The number of hydrogen-bond acceptors (Lipinski definition) is 5. The summed E-state index contributed by atoms with van der Waals surface area (Å²) in [6.07, 6.45) is 2.45. The van der Waals surface area contributed by atoms with Gasteiger partial charge in [-0.2, -0.15) is 10.3 Å². The minimum Gasteiger partial charge on any atom is -0.330 e. The van der Waals surface area contributed by atoms with Crippen molar-refractivity contribution in [3.63, 3.8) is 0 Å².